The van der Waals surface area contributed by atoms with Crippen LogP contribution >= 0.6 is 0 Å². The van der Waals surface area contributed by atoms with E-state index in [9.17, 15) is 22.0 Å². The van der Waals surface area contributed by atoms with Gasteiger partial charge in [0.15, 0.2) is 0 Å². The van der Waals surface area contributed by atoms with Gasteiger partial charge < -0.3 is 9.64 Å². The van der Waals surface area contributed by atoms with Gasteiger partial charge in [0.05, 0.1) is 5.52 Å². The van der Waals surface area contributed by atoms with Crippen molar-refractivity contribution >= 4 is 16.7 Å². The highest BCUT2D eigenvalue weighted by Gasteiger charge is 2.34. The van der Waals surface area contributed by atoms with Crippen LogP contribution in [0.5, 0.6) is 5.75 Å². The van der Waals surface area contributed by atoms with Crippen LogP contribution in [0.1, 0.15) is 12.8 Å². The third-order valence-corrected chi connectivity index (χ3v) is 4.61. The molecule has 2 aromatic heterocycles. The van der Waals surface area contributed by atoms with Gasteiger partial charge in [-0.25, -0.2) is 13.8 Å². The van der Waals surface area contributed by atoms with Gasteiger partial charge in [-0.15, -0.1) is 13.2 Å². The number of benzene rings is 1. The standard InChI is InChI=1S/C18H15F5N4O/c19-17(20)4-7-27(8-5-17)15-9-11(3-6-24-15)16-13-10-12(28-18(21,22)23)1-2-14(13)25-26-16/h1-3,6,9-10H,4-5,7-8H2,(H,25,26). The van der Waals surface area contributed by atoms with E-state index in [4.69, 9.17) is 0 Å². The van der Waals surface area contributed by atoms with Crippen LogP contribution in [0.4, 0.5) is 27.8 Å². The van der Waals surface area contributed by atoms with E-state index in [2.05, 4.69) is 19.9 Å². The minimum Gasteiger partial charge on any atom is -0.406 e. The molecule has 1 fully saturated rings. The van der Waals surface area contributed by atoms with Gasteiger partial charge in [0.25, 0.3) is 5.92 Å². The molecule has 0 bridgehead atoms. The second-order valence-electron chi connectivity index (χ2n) is 6.57. The fraction of sp³-hybridized carbons (Fsp3) is 0.333. The predicted molar refractivity (Wildman–Crippen MR) is 92.4 cm³/mol. The Morgan fingerprint density at radius 3 is 2.54 bits per heavy atom. The fourth-order valence-corrected chi connectivity index (χ4v) is 3.21. The second-order valence-corrected chi connectivity index (χ2v) is 6.57. The molecule has 1 aromatic carbocycles. The molecule has 1 aliphatic heterocycles. The zero-order chi connectivity index (χ0) is 19.9. The molecule has 3 aromatic rings. The van der Waals surface area contributed by atoms with Gasteiger partial charge in [0.1, 0.15) is 17.3 Å². The summed E-state index contributed by atoms with van der Waals surface area (Å²) in [5.74, 6) is -2.50. The monoisotopic (exact) mass is 398 g/mol. The number of anilines is 1. The molecule has 1 aliphatic rings. The summed E-state index contributed by atoms with van der Waals surface area (Å²) >= 11 is 0. The number of fused-ring (bicyclic) bond motifs is 1. The Kier molecular flexibility index (Phi) is 4.35. The number of rotatable bonds is 3. The van der Waals surface area contributed by atoms with E-state index in [0.29, 0.717) is 28.0 Å². The Balaban J connectivity index is 1.66. The third kappa shape index (κ3) is 3.85. The van der Waals surface area contributed by atoms with Crippen LogP contribution < -0.4 is 9.64 Å². The van der Waals surface area contributed by atoms with Crippen molar-refractivity contribution in [2.45, 2.75) is 25.1 Å². The number of aromatic amines is 1. The Hall–Kier alpha value is -2.91. The first-order valence-corrected chi connectivity index (χ1v) is 8.53. The van der Waals surface area contributed by atoms with Crippen molar-refractivity contribution < 1.29 is 26.7 Å². The lowest BCUT2D eigenvalue weighted by atomic mass is 10.1. The van der Waals surface area contributed by atoms with E-state index in [0.717, 1.165) is 0 Å². The van der Waals surface area contributed by atoms with Crippen LogP contribution in [-0.2, 0) is 0 Å². The topological polar surface area (TPSA) is 54.0 Å². The number of piperidine rings is 1. The van der Waals surface area contributed by atoms with Gasteiger partial charge in [-0.05, 0) is 30.3 Å². The van der Waals surface area contributed by atoms with Crippen molar-refractivity contribution in [1.82, 2.24) is 15.2 Å². The maximum absolute atomic E-state index is 13.4. The van der Waals surface area contributed by atoms with E-state index in [-0.39, 0.29) is 31.7 Å². The molecule has 1 saturated heterocycles. The predicted octanol–water partition coefficient (Wildman–Crippen LogP) is 4.76. The number of pyridine rings is 1. The molecule has 10 heteroatoms. The quantitative estimate of drug-likeness (QED) is 0.647. The summed E-state index contributed by atoms with van der Waals surface area (Å²) in [6.07, 6.45) is -3.77. The molecule has 0 amide bonds. The minimum absolute atomic E-state index is 0.175. The van der Waals surface area contributed by atoms with E-state index in [1.165, 1.54) is 24.4 Å². The molecule has 0 atom stereocenters. The number of aromatic nitrogens is 3. The summed E-state index contributed by atoms with van der Waals surface area (Å²) in [5.41, 5.74) is 1.58. The molecule has 0 saturated carbocycles. The number of halogens is 5. The highest BCUT2D eigenvalue weighted by molar-refractivity contribution is 5.94. The van der Waals surface area contributed by atoms with E-state index >= 15 is 0 Å². The molecule has 4 rings (SSSR count). The molecule has 148 valence electrons. The summed E-state index contributed by atoms with van der Waals surface area (Å²) in [6, 6.07) is 7.25. The average Bonchev–Trinajstić information content (AvgIpc) is 3.03. The smallest absolute Gasteiger partial charge is 0.406 e. The molecular formula is C18H15F5N4O. The third-order valence-electron chi connectivity index (χ3n) is 4.61. The van der Waals surface area contributed by atoms with Gasteiger partial charge >= 0.3 is 6.36 Å². The summed E-state index contributed by atoms with van der Waals surface area (Å²) in [6.45, 7) is 0.350. The van der Waals surface area contributed by atoms with E-state index in [1.54, 1.807) is 17.0 Å². The van der Waals surface area contributed by atoms with Crippen LogP contribution in [0, 0.1) is 0 Å². The molecule has 0 spiro atoms. The lowest BCUT2D eigenvalue weighted by molar-refractivity contribution is -0.274. The molecule has 0 aliphatic carbocycles. The maximum atomic E-state index is 13.4. The van der Waals surface area contributed by atoms with Crippen molar-refractivity contribution in [1.29, 1.82) is 0 Å². The van der Waals surface area contributed by atoms with E-state index in [1.807, 2.05) is 0 Å². The summed E-state index contributed by atoms with van der Waals surface area (Å²) in [7, 11) is 0. The van der Waals surface area contributed by atoms with Crippen LogP contribution in [0.2, 0.25) is 0 Å². The van der Waals surface area contributed by atoms with Crippen molar-refractivity contribution in [2.75, 3.05) is 18.0 Å². The summed E-state index contributed by atoms with van der Waals surface area (Å²) < 4.78 is 68.2. The van der Waals surface area contributed by atoms with Crippen molar-refractivity contribution in [3.05, 3.63) is 36.5 Å². The summed E-state index contributed by atoms with van der Waals surface area (Å²) in [4.78, 5) is 5.99. The minimum atomic E-state index is -4.79. The Bertz CT molecular complexity index is 991. The average molecular weight is 398 g/mol. The van der Waals surface area contributed by atoms with Crippen molar-refractivity contribution in [3.8, 4) is 17.0 Å². The number of alkyl halides is 5. The van der Waals surface area contributed by atoms with Gasteiger partial charge in [-0.1, -0.05) is 0 Å². The number of nitrogens with one attached hydrogen (secondary N) is 1. The SMILES string of the molecule is FC1(F)CCN(c2cc(-c3n[nH]c4ccc(OC(F)(F)F)cc34)ccn2)CC1. The molecular weight excluding hydrogens is 383 g/mol. The van der Waals surface area contributed by atoms with Gasteiger partial charge in [-0.2, -0.15) is 5.10 Å². The zero-order valence-electron chi connectivity index (χ0n) is 14.4. The fourth-order valence-electron chi connectivity index (χ4n) is 3.21. The number of hydrogen-bond donors (Lipinski definition) is 1. The number of hydrogen-bond acceptors (Lipinski definition) is 4. The lowest BCUT2D eigenvalue weighted by Crippen LogP contribution is -2.39. The molecule has 1 N–H and O–H groups in total. The highest BCUT2D eigenvalue weighted by Crippen LogP contribution is 2.34. The molecule has 0 radical (unpaired) electrons. The normalized spacial score (nSPS) is 17.1. The summed E-state index contributed by atoms with van der Waals surface area (Å²) in [5, 5.41) is 7.40. The first-order chi connectivity index (χ1) is 13.2. The first kappa shape index (κ1) is 18.5. The molecule has 0 unspecified atom stereocenters. The Labute approximate surface area is 156 Å². The maximum Gasteiger partial charge on any atom is 0.573 e. The molecule has 28 heavy (non-hydrogen) atoms. The number of nitrogens with zero attached hydrogens (tertiary/aromatic N) is 3. The Morgan fingerprint density at radius 2 is 1.82 bits per heavy atom. The Morgan fingerprint density at radius 1 is 1.07 bits per heavy atom. The molecule has 3 heterocycles. The van der Waals surface area contributed by atoms with Gasteiger partial charge in [0, 0.05) is 43.1 Å². The van der Waals surface area contributed by atoms with E-state index < -0.39 is 12.3 Å². The molecule has 5 nitrogen and oxygen atoms in total. The largest absolute Gasteiger partial charge is 0.573 e. The van der Waals surface area contributed by atoms with Crippen LogP contribution in [0.3, 0.4) is 0 Å². The van der Waals surface area contributed by atoms with Crippen LogP contribution in [0.15, 0.2) is 36.5 Å². The van der Waals surface area contributed by atoms with Gasteiger partial charge in [-0.3, -0.25) is 5.10 Å². The second kappa shape index (κ2) is 6.61. The zero-order valence-corrected chi connectivity index (χ0v) is 14.4. The highest BCUT2D eigenvalue weighted by atomic mass is 19.4. The van der Waals surface area contributed by atoms with Crippen molar-refractivity contribution in [3.63, 3.8) is 0 Å². The van der Waals surface area contributed by atoms with Gasteiger partial charge in [0.2, 0.25) is 0 Å². The first-order valence-electron chi connectivity index (χ1n) is 8.53. The lowest BCUT2D eigenvalue weighted by Gasteiger charge is -2.32. The van der Waals surface area contributed by atoms with Crippen LogP contribution in [-0.4, -0.2) is 40.6 Å². The number of ether oxygens (including phenoxy) is 1. The van der Waals surface area contributed by atoms with Crippen LogP contribution in [0.25, 0.3) is 22.2 Å². The number of H-pyrrole nitrogens is 1. The van der Waals surface area contributed by atoms with Crippen molar-refractivity contribution in [2.24, 2.45) is 0 Å².